The lowest BCUT2D eigenvalue weighted by atomic mass is 10.1. The van der Waals surface area contributed by atoms with Gasteiger partial charge in [0, 0.05) is 4.47 Å². The van der Waals surface area contributed by atoms with Crippen molar-refractivity contribution < 1.29 is 4.79 Å². The molecule has 3 nitrogen and oxygen atoms in total. The van der Waals surface area contributed by atoms with Crippen LogP contribution in [0, 0.1) is 0 Å². The molecule has 0 saturated carbocycles. The van der Waals surface area contributed by atoms with Crippen molar-refractivity contribution in [3.8, 4) is 0 Å². The summed E-state index contributed by atoms with van der Waals surface area (Å²) in [7, 11) is 0. The summed E-state index contributed by atoms with van der Waals surface area (Å²) in [4.78, 5) is 16.1. The molecule has 0 fully saturated rings. The second kappa shape index (κ2) is 6.57. The van der Waals surface area contributed by atoms with E-state index in [0.717, 1.165) is 10.0 Å². The van der Waals surface area contributed by atoms with E-state index in [-0.39, 0.29) is 27.8 Å². The van der Waals surface area contributed by atoms with E-state index >= 15 is 0 Å². The SMILES string of the molecule is CC(NC(=O)c1nc(Cl)ccc1Cl)c1cccc(Br)c1. The third kappa shape index (κ3) is 3.72. The normalized spacial score (nSPS) is 12.0. The maximum Gasteiger partial charge on any atom is 0.271 e. The Labute approximate surface area is 135 Å². The predicted molar refractivity (Wildman–Crippen MR) is 84.3 cm³/mol. The summed E-state index contributed by atoms with van der Waals surface area (Å²) in [5.74, 6) is -0.357. The molecule has 0 bridgehead atoms. The van der Waals surface area contributed by atoms with Crippen LogP contribution < -0.4 is 5.32 Å². The molecule has 104 valence electrons. The molecule has 2 rings (SSSR count). The number of rotatable bonds is 3. The molecule has 0 spiro atoms. The lowest BCUT2D eigenvalue weighted by Gasteiger charge is -2.15. The van der Waals surface area contributed by atoms with Gasteiger partial charge in [0.15, 0.2) is 0 Å². The molecule has 1 N–H and O–H groups in total. The molecular formula is C14H11BrCl2N2O. The molecule has 20 heavy (non-hydrogen) atoms. The van der Waals surface area contributed by atoms with Gasteiger partial charge >= 0.3 is 0 Å². The monoisotopic (exact) mass is 372 g/mol. The molecule has 2 aromatic rings. The van der Waals surface area contributed by atoms with Crippen LogP contribution in [0.3, 0.4) is 0 Å². The van der Waals surface area contributed by atoms with Crippen molar-refractivity contribution in [1.29, 1.82) is 0 Å². The molecule has 1 unspecified atom stereocenters. The van der Waals surface area contributed by atoms with Crippen LogP contribution in [0.15, 0.2) is 40.9 Å². The average molecular weight is 374 g/mol. The van der Waals surface area contributed by atoms with Gasteiger partial charge in [0.2, 0.25) is 0 Å². The fourth-order valence-corrected chi connectivity index (χ4v) is 2.46. The van der Waals surface area contributed by atoms with Crippen LogP contribution in [0.25, 0.3) is 0 Å². The highest BCUT2D eigenvalue weighted by atomic mass is 79.9. The number of amides is 1. The van der Waals surface area contributed by atoms with Crippen LogP contribution in [-0.2, 0) is 0 Å². The highest BCUT2D eigenvalue weighted by molar-refractivity contribution is 9.10. The van der Waals surface area contributed by atoms with E-state index in [0.29, 0.717) is 0 Å². The van der Waals surface area contributed by atoms with E-state index in [1.165, 1.54) is 0 Å². The van der Waals surface area contributed by atoms with E-state index in [1.54, 1.807) is 12.1 Å². The third-order valence-electron chi connectivity index (χ3n) is 2.72. The number of hydrogen-bond donors (Lipinski definition) is 1. The van der Waals surface area contributed by atoms with Crippen molar-refractivity contribution in [2.75, 3.05) is 0 Å². The summed E-state index contributed by atoms with van der Waals surface area (Å²) >= 11 is 15.1. The minimum Gasteiger partial charge on any atom is -0.344 e. The van der Waals surface area contributed by atoms with Gasteiger partial charge in [0.25, 0.3) is 5.91 Å². The molecule has 1 aromatic carbocycles. The predicted octanol–water partition coefficient (Wildman–Crippen LogP) is 4.64. The zero-order valence-electron chi connectivity index (χ0n) is 10.5. The van der Waals surface area contributed by atoms with Crippen molar-refractivity contribution >= 4 is 45.0 Å². The molecule has 6 heteroatoms. The minimum atomic E-state index is -0.357. The zero-order valence-corrected chi connectivity index (χ0v) is 13.6. The molecule has 0 aliphatic rings. The first-order valence-corrected chi connectivity index (χ1v) is 7.40. The minimum absolute atomic E-state index is 0.126. The van der Waals surface area contributed by atoms with Gasteiger partial charge in [-0.25, -0.2) is 4.98 Å². The highest BCUT2D eigenvalue weighted by Crippen LogP contribution is 2.20. The van der Waals surface area contributed by atoms with Crippen molar-refractivity contribution in [2.24, 2.45) is 0 Å². The van der Waals surface area contributed by atoms with Gasteiger partial charge in [0.1, 0.15) is 10.8 Å². The van der Waals surface area contributed by atoms with Crippen LogP contribution in [0.1, 0.15) is 29.0 Å². The fourth-order valence-electron chi connectivity index (χ4n) is 1.70. The lowest BCUT2D eigenvalue weighted by Crippen LogP contribution is -2.27. The van der Waals surface area contributed by atoms with Crippen molar-refractivity contribution in [2.45, 2.75) is 13.0 Å². The Morgan fingerprint density at radius 2 is 2.05 bits per heavy atom. The molecule has 0 radical (unpaired) electrons. The van der Waals surface area contributed by atoms with Gasteiger partial charge in [-0.1, -0.05) is 51.3 Å². The number of carbonyl (C=O) groups is 1. The van der Waals surface area contributed by atoms with Gasteiger partial charge in [-0.2, -0.15) is 0 Å². The zero-order chi connectivity index (χ0) is 14.7. The smallest absolute Gasteiger partial charge is 0.271 e. The standard InChI is InChI=1S/C14H11BrCl2N2O/c1-8(9-3-2-4-10(15)7-9)18-14(20)13-11(16)5-6-12(17)19-13/h2-8H,1H3,(H,18,20). The Kier molecular flexibility index (Phi) is 5.02. The summed E-state index contributed by atoms with van der Waals surface area (Å²) in [6.07, 6.45) is 0. The summed E-state index contributed by atoms with van der Waals surface area (Å²) in [5, 5.41) is 3.35. The van der Waals surface area contributed by atoms with Crippen LogP contribution in [0.5, 0.6) is 0 Å². The molecule has 0 aliphatic heterocycles. The largest absolute Gasteiger partial charge is 0.344 e. The topological polar surface area (TPSA) is 42.0 Å². The van der Waals surface area contributed by atoms with E-state index in [1.807, 2.05) is 31.2 Å². The molecule has 1 heterocycles. The number of aromatic nitrogens is 1. The second-order valence-corrected chi connectivity index (χ2v) is 5.92. The molecule has 1 amide bonds. The van der Waals surface area contributed by atoms with E-state index in [9.17, 15) is 4.79 Å². The van der Waals surface area contributed by atoms with Crippen LogP contribution >= 0.6 is 39.1 Å². The molecule has 0 saturated heterocycles. The second-order valence-electron chi connectivity index (χ2n) is 4.21. The van der Waals surface area contributed by atoms with Crippen LogP contribution in [0.2, 0.25) is 10.2 Å². The third-order valence-corrected chi connectivity index (χ3v) is 3.73. The van der Waals surface area contributed by atoms with Crippen LogP contribution in [0.4, 0.5) is 0 Å². The van der Waals surface area contributed by atoms with E-state index in [4.69, 9.17) is 23.2 Å². The number of hydrogen-bond acceptors (Lipinski definition) is 2. The number of benzene rings is 1. The number of nitrogens with one attached hydrogen (secondary N) is 1. The first-order chi connectivity index (χ1) is 9.47. The van der Waals surface area contributed by atoms with Gasteiger partial charge in [-0.05, 0) is 36.8 Å². The van der Waals surface area contributed by atoms with Gasteiger partial charge in [-0.15, -0.1) is 0 Å². The Balaban J connectivity index is 2.17. The lowest BCUT2D eigenvalue weighted by molar-refractivity contribution is 0.0935. The maximum absolute atomic E-state index is 12.2. The number of nitrogens with zero attached hydrogens (tertiary/aromatic N) is 1. The van der Waals surface area contributed by atoms with E-state index in [2.05, 4.69) is 26.2 Å². The van der Waals surface area contributed by atoms with Gasteiger partial charge < -0.3 is 5.32 Å². The van der Waals surface area contributed by atoms with Crippen LogP contribution in [-0.4, -0.2) is 10.9 Å². The Bertz CT molecular complexity index is 649. The first kappa shape index (κ1) is 15.3. The summed E-state index contributed by atoms with van der Waals surface area (Å²) in [5.41, 5.74) is 1.10. The molecule has 1 atom stereocenters. The summed E-state index contributed by atoms with van der Waals surface area (Å²) < 4.78 is 0.954. The van der Waals surface area contributed by atoms with Crippen molar-refractivity contribution in [3.63, 3.8) is 0 Å². The molecular weight excluding hydrogens is 363 g/mol. The Morgan fingerprint density at radius 1 is 1.30 bits per heavy atom. The summed E-state index contributed by atoms with van der Waals surface area (Å²) in [6.45, 7) is 1.89. The number of carbonyl (C=O) groups excluding carboxylic acids is 1. The fraction of sp³-hybridized carbons (Fsp3) is 0.143. The van der Waals surface area contributed by atoms with Gasteiger partial charge in [-0.3, -0.25) is 4.79 Å². The Morgan fingerprint density at radius 3 is 2.75 bits per heavy atom. The van der Waals surface area contributed by atoms with Crippen molar-refractivity contribution in [3.05, 3.63) is 62.3 Å². The number of pyridine rings is 1. The maximum atomic E-state index is 12.2. The molecule has 1 aromatic heterocycles. The van der Waals surface area contributed by atoms with Crippen molar-refractivity contribution in [1.82, 2.24) is 10.3 Å². The number of halogens is 3. The quantitative estimate of drug-likeness (QED) is 0.796. The van der Waals surface area contributed by atoms with Gasteiger partial charge in [0.05, 0.1) is 11.1 Å². The highest BCUT2D eigenvalue weighted by Gasteiger charge is 2.16. The summed E-state index contributed by atoms with van der Waals surface area (Å²) in [6, 6.07) is 10.6. The average Bonchev–Trinajstić information content (AvgIpc) is 2.41. The molecule has 0 aliphatic carbocycles. The Hall–Kier alpha value is -1.10. The van der Waals surface area contributed by atoms with E-state index < -0.39 is 0 Å². The first-order valence-electron chi connectivity index (χ1n) is 5.86.